The van der Waals surface area contributed by atoms with E-state index in [1.165, 1.54) is 7.11 Å². The van der Waals surface area contributed by atoms with Gasteiger partial charge in [-0.05, 0) is 0 Å². The molecule has 0 radical (unpaired) electrons. The highest BCUT2D eigenvalue weighted by Gasteiger charge is 2.26. The van der Waals surface area contributed by atoms with Crippen LogP contribution in [0, 0.1) is 0 Å². The third-order valence-corrected chi connectivity index (χ3v) is 1.27. The van der Waals surface area contributed by atoms with E-state index in [9.17, 15) is 4.79 Å². The normalized spacial score (nSPS) is 24.9. The topological polar surface area (TPSA) is 44.8 Å². The Bertz CT molecular complexity index is 123. The molecule has 1 aliphatic rings. The number of hydrogen-bond donors (Lipinski definition) is 0. The molecular weight excluding hydrogens is 136 g/mol. The highest BCUT2D eigenvalue weighted by atomic mass is 16.7. The van der Waals surface area contributed by atoms with E-state index >= 15 is 0 Å². The highest BCUT2D eigenvalue weighted by Crippen LogP contribution is 2.09. The van der Waals surface area contributed by atoms with Gasteiger partial charge in [-0.25, -0.2) is 4.79 Å². The van der Waals surface area contributed by atoms with Gasteiger partial charge in [-0.2, -0.15) is 0 Å². The molecular formula is C6H10O4. The Morgan fingerprint density at radius 2 is 2.60 bits per heavy atom. The molecule has 0 aromatic heterocycles. The van der Waals surface area contributed by atoms with E-state index in [1.54, 1.807) is 0 Å². The quantitative estimate of drug-likeness (QED) is 0.412. The number of hydrogen-bond acceptors (Lipinski definition) is 4. The maximum absolute atomic E-state index is 10.7. The lowest BCUT2D eigenvalue weighted by Crippen LogP contribution is -2.19. The van der Waals surface area contributed by atoms with Gasteiger partial charge in [-0.15, -0.1) is 0 Å². The second-order valence-corrected chi connectivity index (χ2v) is 2.02. The Morgan fingerprint density at radius 1 is 1.80 bits per heavy atom. The Kier molecular flexibility index (Phi) is 2.65. The smallest absolute Gasteiger partial charge is 0.335 e. The number of esters is 1. The summed E-state index contributed by atoms with van der Waals surface area (Å²) in [5, 5.41) is 0. The molecule has 0 aromatic rings. The van der Waals surface area contributed by atoms with E-state index in [2.05, 4.69) is 9.47 Å². The van der Waals surface area contributed by atoms with Crippen LogP contribution in [-0.4, -0.2) is 32.6 Å². The molecule has 0 aromatic carbocycles. The van der Waals surface area contributed by atoms with Crippen LogP contribution in [0.1, 0.15) is 6.42 Å². The van der Waals surface area contributed by atoms with Gasteiger partial charge in [0.05, 0.1) is 6.61 Å². The van der Waals surface area contributed by atoms with Crippen molar-refractivity contribution in [2.45, 2.75) is 12.5 Å². The summed E-state index contributed by atoms with van der Waals surface area (Å²) in [5.74, 6) is -0.281. The van der Waals surface area contributed by atoms with Crippen molar-refractivity contribution >= 4 is 5.97 Å². The van der Waals surface area contributed by atoms with Crippen molar-refractivity contribution in [3.05, 3.63) is 0 Å². The molecule has 0 unspecified atom stereocenters. The fourth-order valence-corrected chi connectivity index (χ4v) is 0.779. The van der Waals surface area contributed by atoms with Gasteiger partial charge < -0.3 is 14.2 Å². The molecule has 0 amide bonds. The first-order chi connectivity index (χ1) is 4.84. The maximum Gasteiger partial charge on any atom is 0.335 e. The lowest BCUT2D eigenvalue weighted by molar-refractivity contribution is -0.153. The number of ether oxygens (including phenoxy) is 3. The van der Waals surface area contributed by atoms with Crippen molar-refractivity contribution in [3.63, 3.8) is 0 Å². The summed E-state index contributed by atoms with van der Waals surface area (Å²) in [6.07, 6.45) is 0.238. The van der Waals surface area contributed by atoms with E-state index in [0.29, 0.717) is 13.0 Å². The van der Waals surface area contributed by atoms with Gasteiger partial charge in [0.1, 0.15) is 6.79 Å². The minimum absolute atomic E-state index is 0.153. The first-order valence-electron chi connectivity index (χ1n) is 3.12. The largest absolute Gasteiger partial charge is 0.464 e. The molecule has 1 fully saturated rings. The van der Waals surface area contributed by atoms with Gasteiger partial charge in [0.15, 0.2) is 6.10 Å². The van der Waals surface area contributed by atoms with Gasteiger partial charge in [-0.3, -0.25) is 0 Å². The standard InChI is InChI=1S/C6H10O4/c1-8-4-10-5-2-3-9-6(5)7/h5H,2-4H2,1H3/t5-/m0/s1. The molecule has 0 bridgehead atoms. The average molecular weight is 146 g/mol. The Balaban J connectivity index is 2.20. The third-order valence-electron chi connectivity index (χ3n) is 1.27. The number of cyclic esters (lactones) is 1. The van der Waals surface area contributed by atoms with Crippen LogP contribution in [0.25, 0.3) is 0 Å². The third kappa shape index (κ3) is 1.68. The average Bonchev–Trinajstić information content (AvgIpc) is 2.31. The molecule has 0 saturated carbocycles. The van der Waals surface area contributed by atoms with Crippen molar-refractivity contribution in [3.8, 4) is 0 Å². The van der Waals surface area contributed by atoms with Crippen molar-refractivity contribution in [1.82, 2.24) is 0 Å². The first kappa shape index (κ1) is 7.50. The molecule has 4 nitrogen and oxygen atoms in total. The maximum atomic E-state index is 10.7. The number of carbonyl (C=O) groups is 1. The van der Waals surface area contributed by atoms with Gasteiger partial charge in [0.2, 0.25) is 0 Å². The molecule has 10 heavy (non-hydrogen) atoms. The molecule has 1 heterocycles. The summed E-state index contributed by atoms with van der Waals surface area (Å²) >= 11 is 0. The summed E-state index contributed by atoms with van der Waals surface area (Å²) < 4.78 is 14.2. The summed E-state index contributed by atoms with van der Waals surface area (Å²) in [4.78, 5) is 10.7. The molecule has 1 rings (SSSR count). The lowest BCUT2D eigenvalue weighted by Gasteiger charge is -2.04. The van der Waals surface area contributed by atoms with E-state index in [-0.39, 0.29) is 12.8 Å². The van der Waals surface area contributed by atoms with E-state index < -0.39 is 6.10 Å². The zero-order valence-corrected chi connectivity index (χ0v) is 5.83. The zero-order valence-electron chi connectivity index (χ0n) is 5.83. The Hall–Kier alpha value is -0.610. The number of methoxy groups -OCH3 is 1. The molecule has 4 heteroatoms. The lowest BCUT2D eigenvalue weighted by atomic mass is 10.3. The van der Waals surface area contributed by atoms with Crippen LogP contribution in [0.4, 0.5) is 0 Å². The monoisotopic (exact) mass is 146 g/mol. The second-order valence-electron chi connectivity index (χ2n) is 2.02. The van der Waals surface area contributed by atoms with Gasteiger partial charge in [-0.1, -0.05) is 0 Å². The SMILES string of the molecule is COCO[C@H]1CCOC1=O. The molecule has 0 N–H and O–H groups in total. The fourth-order valence-electron chi connectivity index (χ4n) is 0.779. The number of rotatable bonds is 3. The summed E-state index contributed by atoms with van der Waals surface area (Å²) in [6.45, 7) is 0.618. The van der Waals surface area contributed by atoms with E-state index in [0.717, 1.165) is 0 Å². The van der Waals surface area contributed by atoms with Crippen molar-refractivity contribution in [1.29, 1.82) is 0 Å². The van der Waals surface area contributed by atoms with Crippen LogP contribution in [0.5, 0.6) is 0 Å². The van der Waals surface area contributed by atoms with Crippen LogP contribution in [0.3, 0.4) is 0 Å². The van der Waals surface area contributed by atoms with Crippen molar-refractivity contribution in [2.75, 3.05) is 20.5 Å². The van der Waals surface area contributed by atoms with E-state index in [4.69, 9.17) is 4.74 Å². The molecule has 0 spiro atoms. The van der Waals surface area contributed by atoms with Crippen molar-refractivity contribution in [2.24, 2.45) is 0 Å². The Labute approximate surface area is 59.1 Å². The van der Waals surface area contributed by atoms with Gasteiger partial charge >= 0.3 is 5.97 Å². The van der Waals surface area contributed by atoms with Gasteiger partial charge in [0, 0.05) is 13.5 Å². The molecule has 1 atom stereocenters. The predicted molar refractivity (Wildman–Crippen MR) is 32.3 cm³/mol. The van der Waals surface area contributed by atoms with Crippen LogP contribution in [0.2, 0.25) is 0 Å². The summed E-state index contributed by atoms with van der Waals surface area (Å²) in [5.41, 5.74) is 0. The predicted octanol–water partition coefficient (Wildman–Crippen LogP) is -0.0776. The minimum atomic E-state index is -0.403. The van der Waals surface area contributed by atoms with Crippen LogP contribution >= 0.6 is 0 Å². The zero-order chi connectivity index (χ0) is 7.40. The van der Waals surface area contributed by atoms with Gasteiger partial charge in [0.25, 0.3) is 0 Å². The molecule has 1 saturated heterocycles. The first-order valence-corrected chi connectivity index (χ1v) is 3.12. The summed E-state index contributed by atoms with van der Waals surface area (Å²) in [7, 11) is 1.51. The highest BCUT2D eigenvalue weighted by molar-refractivity contribution is 5.76. The van der Waals surface area contributed by atoms with E-state index in [1.807, 2.05) is 0 Å². The number of carbonyl (C=O) groups excluding carboxylic acids is 1. The fraction of sp³-hybridized carbons (Fsp3) is 0.833. The Morgan fingerprint density at radius 3 is 3.10 bits per heavy atom. The van der Waals surface area contributed by atoms with Crippen molar-refractivity contribution < 1.29 is 19.0 Å². The van der Waals surface area contributed by atoms with Crippen LogP contribution in [-0.2, 0) is 19.0 Å². The minimum Gasteiger partial charge on any atom is -0.464 e. The second kappa shape index (κ2) is 3.53. The molecule has 58 valence electrons. The van der Waals surface area contributed by atoms with Crippen LogP contribution in [0.15, 0.2) is 0 Å². The summed E-state index contributed by atoms with van der Waals surface area (Å²) in [6, 6.07) is 0. The van der Waals surface area contributed by atoms with Crippen LogP contribution < -0.4 is 0 Å². The molecule has 0 aliphatic carbocycles. The molecule has 1 aliphatic heterocycles.